The van der Waals surface area contributed by atoms with Crippen molar-refractivity contribution in [2.45, 2.75) is 13.0 Å². The first-order chi connectivity index (χ1) is 9.20. The van der Waals surface area contributed by atoms with E-state index in [9.17, 15) is 4.79 Å². The lowest BCUT2D eigenvalue weighted by Gasteiger charge is -2.15. The standard InChI is InChI=1S/C14H19N3O2/c1-16(7-5-9-19-2)11-12-10-14(18)17-8-4-3-6-13(17)15-12/h3-4,6,8,10H,5,7,9,11H2,1-2H3. The summed E-state index contributed by atoms with van der Waals surface area (Å²) in [4.78, 5) is 18.6. The monoisotopic (exact) mass is 261 g/mol. The number of hydrogen-bond donors (Lipinski definition) is 0. The summed E-state index contributed by atoms with van der Waals surface area (Å²) < 4.78 is 6.57. The van der Waals surface area contributed by atoms with E-state index in [1.165, 1.54) is 0 Å². The minimum atomic E-state index is -0.0362. The van der Waals surface area contributed by atoms with Crippen LogP contribution in [-0.2, 0) is 11.3 Å². The molecule has 0 bridgehead atoms. The number of pyridine rings is 1. The smallest absolute Gasteiger partial charge is 0.258 e. The Morgan fingerprint density at radius 3 is 3.05 bits per heavy atom. The van der Waals surface area contributed by atoms with Gasteiger partial charge in [0.1, 0.15) is 5.65 Å². The van der Waals surface area contributed by atoms with Crippen LogP contribution < -0.4 is 5.56 Å². The summed E-state index contributed by atoms with van der Waals surface area (Å²) in [6, 6.07) is 7.15. The van der Waals surface area contributed by atoms with Crippen LogP contribution in [0.4, 0.5) is 0 Å². The van der Waals surface area contributed by atoms with Gasteiger partial charge in [-0.05, 0) is 25.6 Å². The first kappa shape index (κ1) is 13.7. The van der Waals surface area contributed by atoms with E-state index in [0.29, 0.717) is 12.2 Å². The molecule has 0 saturated heterocycles. The summed E-state index contributed by atoms with van der Waals surface area (Å²) in [6.07, 6.45) is 2.70. The van der Waals surface area contributed by atoms with Crippen molar-refractivity contribution in [3.8, 4) is 0 Å². The quantitative estimate of drug-likeness (QED) is 0.732. The lowest BCUT2D eigenvalue weighted by Crippen LogP contribution is -2.23. The van der Waals surface area contributed by atoms with Crippen LogP contribution in [-0.4, -0.2) is 41.6 Å². The molecular formula is C14H19N3O2. The Kier molecular flexibility index (Phi) is 4.65. The van der Waals surface area contributed by atoms with Gasteiger partial charge < -0.3 is 9.64 Å². The molecule has 0 radical (unpaired) electrons. The molecule has 5 nitrogen and oxygen atoms in total. The van der Waals surface area contributed by atoms with Gasteiger partial charge in [0.25, 0.3) is 5.56 Å². The van der Waals surface area contributed by atoms with Crippen molar-refractivity contribution >= 4 is 5.65 Å². The highest BCUT2D eigenvalue weighted by Gasteiger charge is 2.05. The molecule has 0 unspecified atom stereocenters. The van der Waals surface area contributed by atoms with Crippen LogP contribution in [0, 0.1) is 0 Å². The number of methoxy groups -OCH3 is 1. The van der Waals surface area contributed by atoms with Crippen molar-refractivity contribution in [1.82, 2.24) is 14.3 Å². The topological polar surface area (TPSA) is 46.8 Å². The molecule has 0 atom stereocenters. The van der Waals surface area contributed by atoms with Gasteiger partial charge in [-0.15, -0.1) is 0 Å². The second kappa shape index (κ2) is 6.45. The van der Waals surface area contributed by atoms with Gasteiger partial charge in [-0.25, -0.2) is 4.98 Å². The molecule has 5 heteroatoms. The van der Waals surface area contributed by atoms with Crippen molar-refractivity contribution in [2.75, 3.05) is 27.3 Å². The number of hydrogen-bond acceptors (Lipinski definition) is 4. The predicted octanol–water partition coefficient (Wildman–Crippen LogP) is 1.16. The number of nitrogens with zero attached hydrogens (tertiary/aromatic N) is 3. The summed E-state index contributed by atoms with van der Waals surface area (Å²) in [5, 5.41) is 0. The van der Waals surface area contributed by atoms with Crippen molar-refractivity contribution in [1.29, 1.82) is 0 Å². The van der Waals surface area contributed by atoms with Crippen molar-refractivity contribution in [2.24, 2.45) is 0 Å². The third-order valence-electron chi connectivity index (χ3n) is 2.94. The van der Waals surface area contributed by atoms with E-state index in [2.05, 4.69) is 9.88 Å². The molecule has 2 aromatic rings. The highest BCUT2D eigenvalue weighted by molar-refractivity contribution is 5.37. The van der Waals surface area contributed by atoms with E-state index >= 15 is 0 Å². The van der Waals surface area contributed by atoms with E-state index in [-0.39, 0.29) is 5.56 Å². The zero-order chi connectivity index (χ0) is 13.7. The second-order valence-electron chi connectivity index (χ2n) is 4.60. The third-order valence-corrected chi connectivity index (χ3v) is 2.94. The minimum absolute atomic E-state index is 0.0362. The van der Waals surface area contributed by atoms with Gasteiger partial charge in [0, 0.05) is 39.1 Å². The molecular weight excluding hydrogens is 242 g/mol. The largest absolute Gasteiger partial charge is 0.385 e. The molecule has 19 heavy (non-hydrogen) atoms. The Hall–Kier alpha value is -1.72. The van der Waals surface area contributed by atoms with Crippen molar-refractivity contribution < 1.29 is 4.74 Å². The van der Waals surface area contributed by atoms with E-state index in [1.54, 1.807) is 23.8 Å². The minimum Gasteiger partial charge on any atom is -0.385 e. The Bertz CT molecular complexity index is 595. The van der Waals surface area contributed by atoms with Crippen LogP contribution in [0.3, 0.4) is 0 Å². The van der Waals surface area contributed by atoms with E-state index in [1.807, 2.05) is 25.2 Å². The lowest BCUT2D eigenvalue weighted by molar-refractivity contribution is 0.178. The summed E-state index contributed by atoms with van der Waals surface area (Å²) >= 11 is 0. The number of ether oxygens (including phenoxy) is 1. The van der Waals surface area contributed by atoms with Crippen LogP contribution in [0.5, 0.6) is 0 Å². The molecule has 0 fully saturated rings. The molecule has 0 aliphatic heterocycles. The van der Waals surface area contributed by atoms with Gasteiger partial charge in [0.2, 0.25) is 0 Å². The number of rotatable bonds is 6. The lowest BCUT2D eigenvalue weighted by atomic mass is 10.3. The fourth-order valence-electron chi connectivity index (χ4n) is 2.02. The first-order valence-corrected chi connectivity index (χ1v) is 6.35. The van der Waals surface area contributed by atoms with Gasteiger partial charge in [-0.1, -0.05) is 6.07 Å². The molecule has 0 N–H and O–H groups in total. The molecule has 2 aromatic heterocycles. The van der Waals surface area contributed by atoms with Crippen molar-refractivity contribution in [3.05, 3.63) is 46.5 Å². The summed E-state index contributed by atoms with van der Waals surface area (Å²) in [5.74, 6) is 0. The zero-order valence-corrected chi connectivity index (χ0v) is 11.4. The summed E-state index contributed by atoms with van der Waals surface area (Å²) in [7, 11) is 3.72. The van der Waals surface area contributed by atoms with Crippen LogP contribution >= 0.6 is 0 Å². The fourth-order valence-corrected chi connectivity index (χ4v) is 2.02. The molecule has 0 spiro atoms. The van der Waals surface area contributed by atoms with E-state index in [0.717, 1.165) is 25.3 Å². The van der Waals surface area contributed by atoms with Crippen molar-refractivity contribution in [3.63, 3.8) is 0 Å². The summed E-state index contributed by atoms with van der Waals surface area (Å²) in [6.45, 7) is 2.34. The second-order valence-corrected chi connectivity index (χ2v) is 4.60. The molecule has 0 amide bonds. The van der Waals surface area contributed by atoms with Gasteiger partial charge >= 0.3 is 0 Å². The molecule has 0 aliphatic carbocycles. The van der Waals surface area contributed by atoms with Crippen LogP contribution in [0.1, 0.15) is 12.1 Å². The molecule has 102 valence electrons. The van der Waals surface area contributed by atoms with E-state index in [4.69, 9.17) is 4.74 Å². The van der Waals surface area contributed by atoms with Gasteiger partial charge in [-0.3, -0.25) is 9.20 Å². The highest BCUT2D eigenvalue weighted by Crippen LogP contribution is 2.02. The average molecular weight is 261 g/mol. The molecule has 0 aliphatic rings. The molecule has 2 heterocycles. The van der Waals surface area contributed by atoms with Crippen LogP contribution in [0.2, 0.25) is 0 Å². The highest BCUT2D eigenvalue weighted by atomic mass is 16.5. The third kappa shape index (κ3) is 3.62. The average Bonchev–Trinajstić information content (AvgIpc) is 2.39. The SMILES string of the molecule is COCCCN(C)Cc1cc(=O)n2ccccc2n1. The van der Waals surface area contributed by atoms with Crippen LogP contribution in [0.15, 0.2) is 35.3 Å². The predicted molar refractivity (Wildman–Crippen MR) is 74.3 cm³/mol. The van der Waals surface area contributed by atoms with Crippen LogP contribution in [0.25, 0.3) is 5.65 Å². The maximum Gasteiger partial charge on any atom is 0.258 e. The fraction of sp³-hybridized carbons (Fsp3) is 0.429. The van der Waals surface area contributed by atoms with Gasteiger partial charge in [0.05, 0.1) is 5.69 Å². The maximum atomic E-state index is 11.9. The Morgan fingerprint density at radius 1 is 1.42 bits per heavy atom. The Labute approximate surface area is 112 Å². The van der Waals surface area contributed by atoms with Gasteiger partial charge in [-0.2, -0.15) is 0 Å². The Morgan fingerprint density at radius 2 is 2.26 bits per heavy atom. The number of aromatic nitrogens is 2. The normalized spacial score (nSPS) is 11.3. The maximum absolute atomic E-state index is 11.9. The number of fused-ring (bicyclic) bond motifs is 1. The molecule has 2 rings (SSSR count). The summed E-state index contributed by atoms with van der Waals surface area (Å²) in [5.41, 5.74) is 1.46. The molecule has 0 aromatic carbocycles. The molecule has 0 saturated carbocycles. The van der Waals surface area contributed by atoms with E-state index < -0.39 is 0 Å². The first-order valence-electron chi connectivity index (χ1n) is 6.35. The van der Waals surface area contributed by atoms with Gasteiger partial charge in [0.15, 0.2) is 0 Å². The Balaban J connectivity index is 2.11. The zero-order valence-electron chi connectivity index (χ0n) is 11.4.